The Balaban J connectivity index is 2.15. The van der Waals surface area contributed by atoms with Crippen molar-refractivity contribution in [3.63, 3.8) is 0 Å². The third-order valence-corrected chi connectivity index (χ3v) is 4.08. The van der Waals surface area contributed by atoms with Crippen LogP contribution in [0.3, 0.4) is 0 Å². The summed E-state index contributed by atoms with van der Waals surface area (Å²) in [6.45, 7) is 4.21. The van der Waals surface area contributed by atoms with Crippen LogP contribution in [-0.2, 0) is 17.0 Å². The van der Waals surface area contributed by atoms with Gasteiger partial charge in [-0.15, -0.1) is 0 Å². The molecule has 2 unspecified atom stereocenters. The van der Waals surface area contributed by atoms with Crippen molar-refractivity contribution in [1.82, 2.24) is 0 Å². The number of rotatable bonds is 1. The van der Waals surface area contributed by atoms with E-state index >= 15 is 0 Å². The summed E-state index contributed by atoms with van der Waals surface area (Å²) in [6.07, 6.45) is 10.5. The Kier molecular flexibility index (Phi) is 3.46. The van der Waals surface area contributed by atoms with Gasteiger partial charge in [0.25, 0.3) is 0 Å². The van der Waals surface area contributed by atoms with Crippen LogP contribution in [0.1, 0.15) is 38.5 Å². The van der Waals surface area contributed by atoms with E-state index in [-0.39, 0.29) is 0 Å². The molecular formula is C13H18V. The molecule has 1 heteroatoms. The molecular weight excluding hydrogens is 207 g/mol. The van der Waals surface area contributed by atoms with E-state index in [2.05, 4.69) is 34.4 Å². The minimum absolute atomic E-state index is 0.966. The van der Waals surface area contributed by atoms with Crippen molar-refractivity contribution in [1.29, 1.82) is 0 Å². The van der Waals surface area contributed by atoms with Crippen LogP contribution in [0.2, 0.25) is 0 Å². The Morgan fingerprint density at radius 3 is 2.79 bits per heavy atom. The summed E-state index contributed by atoms with van der Waals surface area (Å²) in [5, 5.41) is 0. The summed E-state index contributed by atoms with van der Waals surface area (Å²) in [4.78, 5) is 0. The van der Waals surface area contributed by atoms with E-state index in [9.17, 15) is 0 Å². The van der Waals surface area contributed by atoms with Gasteiger partial charge in [-0.3, -0.25) is 0 Å². The molecule has 0 aliphatic heterocycles. The Labute approximate surface area is 96.0 Å². The van der Waals surface area contributed by atoms with Crippen LogP contribution in [-0.4, -0.2) is 4.73 Å². The van der Waals surface area contributed by atoms with Gasteiger partial charge in [0.15, 0.2) is 0 Å². The van der Waals surface area contributed by atoms with Crippen LogP contribution in [0.4, 0.5) is 0 Å². The van der Waals surface area contributed by atoms with Gasteiger partial charge in [-0.05, 0) is 0 Å². The second kappa shape index (κ2) is 4.64. The zero-order valence-corrected chi connectivity index (χ0v) is 10.1. The summed E-state index contributed by atoms with van der Waals surface area (Å²) in [6, 6.07) is 0. The van der Waals surface area contributed by atoms with Crippen LogP contribution in [0.15, 0.2) is 23.8 Å². The van der Waals surface area contributed by atoms with Gasteiger partial charge < -0.3 is 0 Å². The van der Waals surface area contributed by atoms with E-state index in [0.717, 1.165) is 11.8 Å². The summed E-state index contributed by atoms with van der Waals surface area (Å²) in [5.41, 5.74) is 2.90. The van der Waals surface area contributed by atoms with Crippen LogP contribution in [0.5, 0.6) is 0 Å². The van der Waals surface area contributed by atoms with Crippen molar-refractivity contribution in [2.75, 3.05) is 0 Å². The van der Waals surface area contributed by atoms with Crippen LogP contribution in [0, 0.1) is 11.8 Å². The SMILES string of the molecule is C=C1CCC2CCCC2CC1=C[CH]=[V]. The first kappa shape index (κ1) is 10.5. The maximum absolute atomic E-state index is 4.21. The van der Waals surface area contributed by atoms with Crippen LogP contribution < -0.4 is 0 Å². The van der Waals surface area contributed by atoms with Gasteiger partial charge in [0.2, 0.25) is 0 Å². The molecule has 2 aliphatic carbocycles. The first-order chi connectivity index (χ1) is 6.81. The molecule has 2 rings (SSSR count). The molecule has 14 heavy (non-hydrogen) atoms. The average Bonchev–Trinajstić information content (AvgIpc) is 2.56. The standard InChI is InChI=1S/C13H18.V/c1-3-11-9-13-6-4-5-12(13)8-7-10(11)2;/h1,3,12-13H,2,4-9H2;. The molecule has 0 heterocycles. The molecule has 0 saturated heterocycles. The van der Waals surface area contributed by atoms with Gasteiger partial charge in [0, 0.05) is 0 Å². The predicted molar refractivity (Wildman–Crippen MR) is 58.0 cm³/mol. The van der Waals surface area contributed by atoms with Gasteiger partial charge in [-0.25, -0.2) is 0 Å². The minimum atomic E-state index is 0.966. The quantitative estimate of drug-likeness (QED) is 0.641. The second-order valence-corrected chi connectivity index (χ2v) is 5.10. The van der Waals surface area contributed by atoms with E-state index in [4.69, 9.17) is 0 Å². The summed E-state index contributed by atoms with van der Waals surface area (Å²) < 4.78 is 2.10. The van der Waals surface area contributed by atoms with E-state index in [1.165, 1.54) is 49.7 Å². The van der Waals surface area contributed by atoms with Crippen molar-refractivity contribution >= 4 is 4.73 Å². The molecule has 2 aliphatic rings. The zero-order valence-electron chi connectivity index (χ0n) is 8.71. The number of hydrogen-bond acceptors (Lipinski definition) is 0. The predicted octanol–water partition coefficient (Wildman–Crippen LogP) is 3.42. The molecule has 0 aromatic heterocycles. The number of hydrogen-bond donors (Lipinski definition) is 0. The summed E-state index contributed by atoms with van der Waals surface area (Å²) in [7, 11) is 0. The van der Waals surface area contributed by atoms with Crippen LogP contribution in [0.25, 0.3) is 0 Å². The molecule has 0 aromatic carbocycles. The Hall–Kier alpha value is -0.0656. The normalized spacial score (nSPS) is 35.4. The van der Waals surface area contributed by atoms with Crippen molar-refractivity contribution < 1.29 is 17.0 Å². The summed E-state index contributed by atoms with van der Waals surface area (Å²) >= 11 is 2.53. The molecule has 0 N–H and O–H groups in total. The number of fused-ring (bicyclic) bond motifs is 1. The topological polar surface area (TPSA) is 0 Å². The number of allylic oxidation sites excluding steroid dienone is 3. The fourth-order valence-electron chi connectivity index (χ4n) is 2.99. The first-order valence-electron chi connectivity index (χ1n) is 5.66. The van der Waals surface area contributed by atoms with Gasteiger partial charge >= 0.3 is 95.9 Å². The molecule has 0 bridgehead atoms. The van der Waals surface area contributed by atoms with Gasteiger partial charge in [0.05, 0.1) is 0 Å². The zero-order chi connectivity index (χ0) is 9.97. The van der Waals surface area contributed by atoms with E-state index in [1.807, 2.05) is 0 Å². The van der Waals surface area contributed by atoms with E-state index < -0.39 is 0 Å². The first-order valence-corrected chi connectivity index (χ1v) is 6.46. The molecule has 0 aromatic rings. The van der Waals surface area contributed by atoms with Gasteiger partial charge in [-0.2, -0.15) is 0 Å². The molecule has 75 valence electrons. The van der Waals surface area contributed by atoms with Crippen molar-refractivity contribution in [3.05, 3.63) is 23.8 Å². The van der Waals surface area contributed by atoms with Gasteiger partial charge in [0.1, 0.15) is 0 Å². The van der Waals surface area contributed by atoms with Crippen LogP contribution >= 0.6 is 0 Å². The molecule has 2 atom stereocenters. The third-order valence-electron chi connectivity index (χ3n) is 3.85. The monoisotopic (exact) mass is 225 g/mol. The maximum atomic E-state index is 4.21. The molecule has 2 saturated carbocycles. The second-order valence-electron chi connectivity index (χ2n) is 4.64. The van der Waals surface area contributed by atoms with Gasteiger partial charge in [-0.1, -0.05) is 0 Å². The molecule has 0 radical (unpaired) electrons. The molecule has 2 fully saturated rings. The molecule has 0 nitrogen and oxygen atoms in total. The Bertz CT molecular complexity index is 275. The fourth-order valence-corrected chi connectivity index (χ4v) is 3.27. The summed E-state index contributed by atoms with van der Waals surface area (Å²) in [5.74, 6) is 1.97. The third kappa shape index (κ3) is 2.12. The Morgan fingerprint density at radius 1 is 1.21 bits per heavy atom. The molecule has 0 amide bonds. The molecule has 0 spiro atoms. The van der Waals surface area contributed by atoms with Crippen molar-refractivity contribution in [2.45, 2.75) is 38.5 Å². The average molecular weight is 225 g/mol. The van der Waals surface area contributed by atoms with Crippen molar-refractivity contribution in [3.8, 4) is 0 Å². The van der Waals surface area contributed by atoms with E-state index in [0.29, 0.717) is 0 Å². The van der Waals surface area contributed by atoms with Crippen molar-refractivity contribution in [2.24, 2.45) is 11.8 Å². The fraction of sp³-hybridized carbons (Fsp3) is 0.615. The van der Waals surface area contributed by atoms with E-state index in [1.54, 1.807) is 0 Å². The Morgan fingerprint density at radius 2 is 2.00 bits per heavy atom.